The molecule has 1 saturated heterocycles. The molecule has 1 aliphatic rings. The van der Waals surface area contributed by atoms with Crippen LogP contribution in [-0.4, -0.2) is 51.8 Å². The number of para-hydroxylation sites is 1. The fraction of sp³-hybridized carbons (Fsp3) is 0.391. The Morgan fingerprint density at radius 3 is 2.58 bits per heavy atom. The van der Waals surface area contributed by atoms with Crippen molar-refractivity contribution in [2.24, 2.45) is 4.99 Å². The zero-order valence-corrected chi connectivity index (χ0v) is 21.2. The van der Waals surface area contributed by atoms with E-state index in [-0.39, 0.29) is 35.7 Å². The van der Waals surface area contributed by atoms with Crippen molar-refractivity contribution in [1.82, 2.24) is 10.6 Å². The lowest BCUT2D eigenvalue weighted by Crippen LogP contribution is -2.44. The average Bonchev–Trinajstić information content (AvgIpc) is 3.24. The molecule has 2 aromatic rings. The van der Waals surface area contributed by atoms with Gasteiger partial charge >= 0.3 is 5.97 Å². The van der Waals surface area contributed by atoms with Crippen LogP contribution in [0.5, 0.6) is 5.75 Å². The standard InChI is InChI=1S/C23H28F2N4O3.HI/c1-4-26-23(27-13-15-8-9-17(22(30)32-3)20(12-15)31-2)28-16-10-11-29(14-16)21-18(24)6-5-7-19(21)25;/h5-9,12,16H,4,10-11,13-14H2,1-3H3,(H2,26,27,28);1H. The van der Waals surface area contributed by atoms with E-state index < -0.39 is 17.6 Å². The normalized spacial score (nSPS) is 15.6. The summed E-state index contributed by atoms with van der Waals surface area (Å²) >= 11 is 0. The lowest BCUT2D eigenvalue weighted by Gasteiger charge is -2.21. The first-order chi connectivity index (χ1) is 15.5. The Labute approximate surface area is 209 Å². The Balaban J connectivity index is 0.00000385. The fourth-order valence-electron chi connectivity index (χ4n) is 3.67. The maximum absolute atomic E-state index is 14.1. The highest BCUT2D eigenvalue weighted by Crippen LogP contribution is 2.27. The number of ether oxygens (including phenoxy) is 2. The van der Waals surface area contributed by atoms with Crippen LogP contribution in [0.2, 0.25) is 0 Å². The van der Waals surface area contributed by atoms with E-state index >= 15 is 0 Å². The van der Waals surface area contributed by atoms with Crippen molar-refractivity contribution in [3.63, 3.8) is 0 Å². The summed E-state index contributed by atoms with van der Waals surface area (Å²) in [6.07, 6.45) is 0.722. The van der Waals surface area contributed by atoms with Crippen LogP contribution in [0.3, 0.4) is 0 Å². The summed E-state index contributed by atoms with van der Waals surface area (Å²) in [5.41, 5.74) is 1.21. The van der Waals surface area contributed by atoms with Crippen molar-refractivity contribution in [2.75, 3.05) is 38.8 Å². The molecule has 0 spiro atoms. The van der Waals surface area contributed by atoms with Crippen LogP contribution in [0.1, 0.15) is 29.3 Å². The number of nitrogens with zero attached hydrogens (tertiary/aromatic N) is 2. The van der Waals surface area contributed by atoms with Crippen LogP contribution in [0.15, 0.2) is 41.4 Å². The molecule has 3 rings (SSSR count). The van der Waals surface area contributed by atoms with Crippen molar-refractivity contribution in [1.29, 1.82) is 0 Å². The maximum Gasteiger partial charge on any atom is 0.341 e. The highest BCUT2D eigenvalue weighted by molar-refractivity contribution is 14.0. The van der Waals surface area contributed by atoms with Crippen LogP contribution in [0.4, 0.5) is 14.5 Å². The van der Waals surface area contributed by atoms with E-state index in [0.717, 1.165) is 12.0 Å². The van der Waals surface area contributed by atoms with Crippen LogP contribution >= 0.6 is 24.0 Å². The van der Waals surface area contributed by atoms with Crippen LogP contribution in [-0.2, 0) is 11.3 Å². The number of methoxy groups -OCH3 is 2. The molecule has 1 aliphatic heterocycles. The number of nitrogens with one attached hydrogen (secondary N) is 2. The minimum atomic E-state index is -0.560. The number of benzene rings is 2. The molecule has 7 nitrogen and oxygen atoms in total. The third-order valence-electron chi connectivity index (χ3n) is 5.22. The van der Waals surface area contributed by atoms with Gasteiger partial charge in [0.1, 0.15) is 28.6 Å². The molecule has 0 aliphatic carbocycles. The quantitative estimate of drug-likeness (QED) is 0.228. The number of carbonyl (C=O) groups is 1. The molecule has 0 aromatic heterocycles. The number of hydrogen-bond donors (Lipinski definition) is 2. The second-order valence-electron chi connectivity index (χ2n) is 7.37. The van der Waals surface area contributed by atoms with Gasteiger partial charge in [-0.25, -0.2) is 18.6 Å². The third kappa shape index (κ3) is 6.68. The number of guanidine groups is 1. The van der Waals surface area contributed by atoms with E-state index in [0.29, 0.717) is 43.5 Å². The first kappa shape index (κ1) is 26.6. The van der Waals surface area contributed by atoms with Gasteiger partial charge in [0.05, 0.1) is 20.8 Å². The molecule has 0 radical (unpaired) electrons. The Morgan fingerprint density at radius 1 is 1.21 bits per heavy atom. The van der Waals surface area contributed by atoms with Gasteiger partial charge in [0, 0.05) is 25.7 Å². The van der Waals surface area contributed by atoms with E-state index in [2.05, 4.69) is 15.6 Å². The topological polar surface area (TPSA) is 75.2 Å². The molecule has 0 bridgehead atoms. The molecule has 1 atom stereocenters. The lowest BCUT2D eigenvalue weighted by atomic mass is 10.1. The third-order valence-corrected chi connectivity index (χ3v) is 5.22. The summed E-state index contributed by atoms with van der Waals surface area (Å²) in [5, 5.41) is 6.53. The van der Waals surface area contributed by atoms with E-state index in [1.54, 1.807) is 23.1 Å². The second kappa shape index (κ2) is 12.6. The summed E-state index contributed by atoms with van der Waals surface area (Å²) < 4.78 is 38.3. The molecular weight excluding hydrogens is 545 g/mol. The van der Waals surface area contributed by atoms with Gasteiger partial charge in [-0.15, -0.1) is 24.0 Å². The molecule has 1 unspecified atom stereocenters. The summed E-state index contributed by atoms with van der Waals surface area (Å²) in [4.78, 5) is 18.1. The van der Waals surface area contributed by atoms with E-state index in [9.17, 15) is 13.6 Å². The predicted octanol–water partition coefficient (Wildman–Crippen LogP) is 3.71. The zero-order chi connectivity index (χ0) is 23.1. The Hall–Kier alpha value is -2.63. The maximum atomic E-state index is 14.1. The molecule has 33 heavy (non-hydrogen) atoms. The first-order valence-corrected chi connectivity index (χ1v) is 10.5. The van der Waals surface area contributed by atoms with Crippen molar-refractivity contribution in [2.45, 2.75) is 25.9 Å². The fourth-order valence-corrected chi connectivity index (χ4v) is 3.67. The molecule has 1 fully saturated rings. The Bertz CT molecular complexity index is 970. The highest BCUT2D eigenvalue weighted by atomic mass is 127. The van der Waals surface area contributed by atoms with Gasteiger partial charge < -0.3 is 25.0 Å². The lowest BCUT2D eigenvalue weighted by molar-refractivity contribution is 0.0597. The van der Waals surface area contributed by atoms with Crippen LogP contribution in [0, 0.1) is 11.6 Å². The minimum absolute atomic E-state index is 0. The van der Waals surface area contributed by atoms with Gasteiger partial charge in [-0.1, -0.05) is 12.1 Å². The summed E-state index contributed by atoms with van der Waals surface area (Å²) in [5.74, 6) is -0.569. The van der Waals surface area contributed by atoms with Gasteiger partial charge in [0.15, 0.2) is 5.96 Å². The van der Waals surface area contributed by atoms with Gasteiger partial charge in [-0.05, 0) is 43.2 Å². The second-order valence-corrected chi connectivity index (χ2v) is 7.37. The minimum Gasteiger partial charge on any atom is -0.496 e. The van der Waals surface area contributed by atoms with Crippen molar-refractivity contribution < 1.29 is 23.0 Å². The molecule has 0 saturated carbocycles. The predicted molar refractivity (Wildman–Crippen MR) is 135 cm³/mol. The van der Waals surface area contributed by atoms with Crippen molar-refractivity contribution in [3.8, 4) is 5.75 Å². The molecule has 2 aromatic carbocycles. The average molecular weight is 574 g/mol. The SMILES string of the molecule is CCNC(=NCc1ccc(C(=O)OC)c(OC)c1)NC1CCN(c2c(F)cccc2F)C1.I. The molecule has 2 N–H and O–H groups in total. The molecular formula is C23H29F2IN4O3. The van der Waals surface area contributed by atoms with Gasteiger partial charge in [0.2, 0.25) is 0 Å². The Morgan fingerprint density at radius 2 is 1.94 bits per heavy atom. The molecule has 1 heterocycles. The number of rotatable bonds is 7. The van der Waals surface area contributed by atoms with Crippen molar-refractivity contribution >= 4 is 41.6 Å². The van der Waals surface area contributed by atoms with Gasteiger partial charge in [-0.3, -0.25) is 0 Å². The van der Waals surface area contributed by atoms with Crippen LogP contribution in [0.25, 0.3) is 0 Å². The van der Waals surface area contributed by atoms with Crippen LogP contribution < -0.4 is 20.3 Å². The van der Waals surface area contributed by atoms with E-state index in [1.807, 2.05) is 6.92 Å². The molecule has 0 amide bonds. The summed E-state index contributed by atoms with van der Waals surface area (Å²) in [6, 6.07) is 9.08. The number of halogens is 3. The first-order valence-electron chi connectivity index (χ1n) is 10.5. The highest BCUT2D eigenvalue weighted by Gasteiger charge is 2.27. The van der Waals surface area contributed by atoms with Gasteiger partial charge in [-0.2, -0.15) is 0 Å². The van der Waals surface area contributed by atoms with E-state index in [1.165, 1.54) is 32.4 Å². The number of hydrogen-bond acceptors (Lipinski definition) is 5. The number of anilines is 1. The number of esters is 1. The Kier molecular flexibility index (Phi) is 10.1. The smallest absolute Gasteiger partial charge is 0.341 e. The number of aliphatic imine (C=N–C) groups is 1. The summed E-state index contributed by atoms with van der Waals surface area (Å²) in [6.45, 7) is 3.98. The van der Waals surface area contributed by atoms with Crippen molar-refractivity contribution in [3.05, 3.63) is 59.2 Å². The summed E-state index contributed by atoms with van der Waals surface area (Å²) in [7, 11) is 2.81. The van der Waals surface area contributed by atoms with Gasteiger partial charge in [0.25, 0.3) is 0 Å². The molecule has 180 valence electrons. The zero-order valence-electron chi connectivity index (χ0n) is 18.9. The molecule has 10 heteroatoms. The van der Waals surface area contributed by atoms with E-state index in [4.69, 9.17) is 9.47 Å². The number of carbonyl (C=O) groups excluding carboxylic acids is 1. The monoisotopic (exact) mass is 574 g/mol. The largest absolute Gasteiger partial charge is 0.496 e.